The minimum absolute atomic E-state index is 0. The number of nitrogens with zero attached hydrogens (tertiary/aromatic N) is 1. The lowest BCUT2D eigenvalue weighted by molar-refractivity contribution is 0.213. The van der Waals surface area contributed by atoms with Gasteiger partial charge in [-0.3, -0.25) is 14.4 Å². The van der Waals surface area contributed by atoms with Gasteiger partial charge >= 0.3 is 6.15 Å². The standard InChI is InChI=1S/3CH2NO2.N/c3*2-1(3)4;/h3*2H,(H,3,4);/q3*-1;+3. The van der Waals surface area contributed by atoms with Gasteiger partial charge in [0.05, 0.1) is 0 Å². The Morgan fingerprint density at radius 3 is 0.692 bits per heavy atom. The molecule has 0 aliphatic carbocycles. The van der Waals surface area contributed by atoms with E-state index in [4.69, 9.17) is 46.9 Å². The highest BCUT2D eigenvalue weighted by Gasteiger charge is 3.00. The summed E-state index contributed by atoms with van der Waals surface area (Å²) in [5.41, 5.74) is 16.5. The average Bonchev–Trinajstić information content (AvgIpc) is 1.54. The SMILES string of the molecule is [N+3].[NH-]C(=O)O.[NH-]C(=O)O.[NH-]C(=O)O. The molecule has 0 atom stereocenters. The zero-order valence-corrected chi connectivity index (χ0v) is 6.01. The molecule has 0 aliphatic heterocycles. The molecule has 0 spiro atoms. The predicted octanol–water partition coefficient (Wildman–Crippen LogP) is 1.67. The molecule has 6 N–H and O–H groups in total. The smallest absolute Gasteiger partial charge is 0.632 e. The Labute approximate surface area is 72.5 Å². The molecule has 0 saturated carbocycles. The van der Waals surface area contributed by atoms with Gasteiger partial charge in [0, 0.05) is 0 Å². The van der Waals surface area contributed by atoms with Gasteiger partial charge in [-0.1, -0.05) is 0 Å². The van der Waals surface area contributed by atoms with E-state index in [1.165, 1.54) is 0 Å². The van der Waals surface area contributed by atoms with E-state index in [2.05, 4.69) is 0 Å². The second kappa shape index (κ2) is 16.3. The first kappa shape index (κ1) is 22.4. The summed E-state index contributed by atoms with van der Waals surface area (Å²) in [5, 5.41) is 21.2. The number of nitrogens with one attached hydrogen (secondary N) is 3. The monoisotopic (exact) mass is 194 g/mol. The number of amides is 3. The summed E-state index contributed by atoms with van der Waals surface area (Å²) < 4.78 is 0. The maximum Gasteiger partial charge on any atom is 3.00 e. The maximum atomic E-state index is 8.67. The zero-order chi connectivity index (χ0) is 10.7. The zero-order valence-electron chi connectivity index (χ0n) is 6.01. The van der Waals surface area contributed by atoms with Gasteiger partial charge in [-0.15, -0.1) is 0 Å². The summed E-state index contributed by atoms with van der Waals surface area (Å²) in [6.45, 7) is 0. The minimum Gasteiger partial charge on any atom is -0.632 e. The lowest BCUT2D eigenvalue weighted by Crippen LogP contribution is -1.71. The normalized spacial score (nSPS) is 5.54. The highest BCUT2D eigenvalue weighted by Crippen LogP contribution is 1.55. The van der Waals surface area contributed by atoms with Crippen LogP contribution >= 0.6 is 0 Å². The molecule has 13 heavy (non-hydrogen) atoms. The molecule has 3 amide bonds. The lowest BCUT2D eigenvalue weighted by atomic mass is 11.3. The van der Waals surface area contributed by atoms with E-state index >= 15 is 0 Å². The molecule has 0 rings (SSSR count). The summed E-state index contributed by atoms with van der Waals surface area (Å²) >= 11 is 0. The van der Waals surface area contributed by atoms with Gasteiger partial charge in [0.25, 0.3) is 0 Å². The van der Waals surface area contributed by atoms with Gasteiger partial charge in [-0.05, 0) is 0 Å². The molecule has 0 aromatic heterocycles. The molecule has 0 fully saturated rings. The van der Waals surface area contributed by atoms with Gasteiger partial charge < -0.3 is 32.5 Å². The van der Waals surface area contributed by atoms with E-state index in [1.807, 2.05) is 0 Å². The topological polar surface area (TPSA) is 214 Å². The van der Waals surface area contributed by atoms with Crippen molar-refractivity contribution in [1.29, 1.82) is 0 Å². The Balaban J connectivity index is -0.0000000450. The van der Waals surface area contributed by atoms with Crippen molar-refractivity contribution in [3.63, 3.8) is 0 Å². The molecule has 0 saturated heterocycles. The Bertz CT molecular complexity index is 117. The molecular formula is C3H6N4O6. The third kappa shape index (κ3) is 87.5. The van der Waals surface area contributed by atoms with Crippen LogP contribution in [0.5, 0.6) is 0 Å². The summed E-state index contributed by atoms with van der Waals surface area (Å²) in [7, 11) is 0. The maximum absolute atomic E-state index is 8.67. The predicted molar refractivity (Wildman–Crippen MR) is 39.2 cm³/mol. The summed E-state index contributed by atoms with van der Waals surface area (Å²) in [5.74, 6) is 0. The highest BCUT2D eigenvalue weighted by atomic mass is 16.4. The highest BCUT2D eigenvalue weighted by molar-refractivity contribution is 5.73. The molecule has 74 valence electrons. The fourth-order valence-electron chi connectivity index (χ4n) is 0. The molecular weight excluding hydrogens is 188 g/mol. The first-order valence-electron chi connectivity index (χ1n) is 2.03. The summed E-state index contributed by atoms with van der Waals surface area (Å²) in [6.07, 6.45) is -4.75. The first-order chi connectivity index (χ1) is 5.20. The number of rotatable bonds is 0. The molecule has 0 heterocycles. The number of carbonyl (C=O) groups is 3. The van der Waals surface area contributed by atoms with Crippen LogP contribution in [-0.4, -0.2) is 33.6 Å². The molecule has 10 heteroatoms. The van der Waals surface area contributed by atoms with Crippen molar-refractivity contribution in [2.75, 3.05) is 0 Å². The van der Waals surface area contributed by atoms with Gasteiger partial charge in [0.2, 0.25) is 18.3 Å². The van der Waals surface area contributed by atoms with Gasteiger partial charge in [0.1, 0.15) is 0 Å². The van der Waals surface area contributed by atoms with E-state index < -0.39 is 18.3 Å². The number of hydrogen-bond acceptors (Lipinski definition) is 3. The second-order valence-electron chi connectivity index (χ2n) is 0.915. The largest absolute Gasteiger partial charge is 3.00 e. The van der Waals surface area contributed by atoms with Crippen LogP contribution < -0.4 is 6.15 Å². The van der Waals surface area contributed by atoms with Gasteiger partial charge in [-0.2, -0.15) is 0 Å². The van der Waals surface area contributed by atoms with Crippen molar-refractivity contribution < 1.29 is 29.7 Å². The van der Waals surface area contributed by atoms with Crippen molar-refractivity contribution >= 4 is 18.3 Å². The molecule has 10 nitrogen and oxygen atoms in total. The molecule has 0 aromatic rings. The van der Waals surface area contributed by atoms with Crippen LogP contribution in [0.25, 0.3) is 17.2 Å². The van der Waals surface area contributed by atoms with Crippen LogP contribution in [-0.2, 0) is 0 Å². The lowest BCUT2D eigenvalue weighted by Gasteiger charge is -1.77. The van der Waals surface area contributed by atoms with E-state index in [0.29, 0.717) is 0 Å². The fourth-order valence-corrected chi connectivity index (χ4v) is 0. The average molecular weight is 194 g/mol. The van der Waals surface area contributed by atoms with Crippen LogP contribution in [0.15, 0.2) is 0 Å². The molecule has 0 aliphatic rings. The molecule has 0 bridgehead atoms. The number of hydrogen-bond donors (Lipinski definition) is 3. The summed E-state index contributed by atoms with van der Waals surface area (Å²) in [6, 6.07) is 0. The van der Waals surface area contributed by atoms with Crippen LogP contribution in [0.2, 0.25) is 0 Å². The van der Waals surface area contributed by atoms with Crippen molar-refractivity contribution in [2.24, 2.45) is 0 Å². The van der Waals surface area contributed by atoms with Crippen LogP contribution in [0, 0.1) is 0 Å². The fraction of sp³-hybridized carbons (Fsp3) is 0. The molecule has 0 aromatic carbocycles. The minimum atomic E-state index is -1.58. The Morgan fingerprint density at radius 1 is 0.692 bits per heavy atom. The van der Waals surface area contributed by atoms with Crippen molar-refractivity contribution in [3.8, 4) is 0 Å². The third-order valence-electron chi connectivity index (χ3n) is 0. The Hall–Kier alpha value is -2.48. The van der Waals surface area contributed by atoms with E-state index in [9.17, 15) is 0 Å². The van der Waals surface area contributed by atoms with Gasteiger partial charge in [-0.25, -0.2) is 0 Å². The quantitative estimate of drug-likeness (QED) is 0.520. The Kier molecular flexibility index (Phi) is 28.0. The van der Waals surface area contributed by atoms with Gasteiger partial charge in [0.15, 0.2) is 0 Å². The Morgan fingerprint density at radius 2 is 0.692 bits per heavy atom. The van der Waals surface area contributed by atoms with Crippen LogP contribution in [0.3, 0.4) is 0 Å². The van der Waals surface area contributed by atoms with Crippen molar-refractivity contribution in [1.82, 2.24) is 6.15 Å². The third-order valence-corrected chi connectivity index (χ3v) is 0. The van der Waals surface area contributed by atoms with Crippen LogP contribution in [0.4, 0.5) is 14.4 Å². The molecule has 2 radical (unpaired) electrons. The van der Waals surface area contributed by atoms with Crippen LogP contribution in [0.1, 0.15) is 0 Å². The first-order valence-corrected chi connectivity index (χ1v) is 2.03. The molecule has 0 unspecified atom stereocenters. The van der Waals surface area contributed by atoms with E-state index in [1.54, 1.807) is 0 Å². The van der Waals surface area contributed by atoms with E-state index in [-0.39, 0.29) is 6.15 Å². The van der Waals surface area contributed by atoms with Crippen molar-refractivity contribution in [3.05, 3.63) is 17.2 Å². The second-order valence-corrected chi connectivity index (χ2v) is 0.915. The van der Waals surface area contributed by atoms with Crippen molar-refractivity contribution in [2.45, 2.75) is 0 Å². The number of carboxylic acid groups (broad SMARTS) is 3. The summed E-state index contributed by atoms with van der Waals surface area (Å²) in [4.78, 5) is 26.0. The van der Waals surface area contributed by atoms with E-state index in [0.717, 1.165) is 0 Å².